The Bertz CT molecular complexity index is 1050. The maximum absolute atomic E-state index is 13.1. The summed E-state index contributed by atoms with van der Waals surface area (Å²) in [6, 6.07) is 13.2. The largest absolute Gasteiger partial charge is 0.357 e. The maximum Gasteiger partial charge on any atom is 0.357 e. The Hall–Kier alpha value is -2.20. The highest BCUT2D eigenvalue weighted by atomic mass is 32.2. The Morgan fingerprint density at radius 3 is 2.10 bits per heavy atom. The van der Waals surface area contributed by atoms with Crippen molar-refractivity contribution in [3.8, 4) is 0 Å². The topological polar surface area (TPSA) is 104 Å². The molecule has 0 saturated heterocycles. The van der Waals surface area contributed by atoms with Gasteiger partial charge in [-0.1, -0.05) is 41.5 Å². The quantitative estimate of drug-likeness (QED) is 0.461. The number of allylic oxidation sites excluding steroid dienone is 1. The van der Waals surface area contributed by atoms with Crippen LogP contribution in [0.2, 0.25) is 0 Å². The normalized spacial score (nSPS) is 12.0. The molecule has 7 nitrogen and oxygen atoms in total. The third kappa shape index (κ3) is 7.28. The van der Waals surface area contributed by atoms with Crippen LogP contribution in [-0.4, -0.2) is 38.8 Å². The van der Waals surface area contributed by atoms with Gasteiger partial charge in [-0.2, -0.15) is 12.7 Å². The van der Waals surface area contributed by atoms with Crippen LogP contribution in [0.5, 0.6) is 0 Å². The monoisotopic (exact) mass is 438 g/mol. The molecule has 2 aromatic rings. The summed E-state index contributed by atoms with van der Waals surface area (Å²) in [5.41, 5.74) is 3.07. The molecule has 0 heterocycles. The van der Waals surface area contributed by atoms with Crippen LogP contribution < -0.4 is 4.72 Å². The maximum atomic E-state index is 13.1. The van der Waals surface area contributed by atoms with Gasteiger partial charge in [0.2, 0.25) is 10.0 Å². The molecular formula is C20H26N2O5S2. The number of hydrogen-bond acceptors (Lipinski definition) is 4. The molecular weight excluding hydrogens is 412 g/mol. The highest BCUT2D eigenvalue weighted by Crippen LogP contribution is 2.18. The second-order valence-corrected chi connectivity index (χ2v) is 10.1. The molecule has 0 fully saturated rings. The van der Waals surface area contributed by atoms with Crippen LogP contribution in [0.3, 0.4) is 0 Å². The zero-order valence-electron chi connectivity index (χ0n) is 16.7. The van der Waals surface area contributed by atoms with Gasteiger partial charge in [0.05, 0.1) is 10.6 Å². The van der Waals surface area contributed by atoms with Crippen molar-refractivity contribution in [1.82, 2.24) is 4.31 Å². The number of sulfonamides is 1. The second-order valence-electron chi connectivity index (χ2n) is 6.98. The van der Waals surface area contributed by atoms with Gasteiger partial charge >= 0.3 is 10.3 Å². The summed E-state index contributed by atoms with van der Waals surface area (Å²) < 4.78 is 60.1. The lowest BCUT2D eigenvalue weighted by atomic mass is 10.1. The molecule has 2 N–H and O–H groups in total. The Morgan fingerprint density at radius 1 is 1.00 bits per heavy atom. The number of benzene rings is 2. The van der Waals surface area contributed by atoms with Crippen LogP contribution in [0.1, 0.15) is 25.0 Å². The van der Waals surface area contributed by atoms with Crippen molar-refractivity contribution in [2.24, 2.45) is 0 Å². The standard InChI is InChI=1S/C20H26N2O5S2/c1-16(2)12-14-22(28(23,24)20-10-4-17(3)5-11-20)15-13-18-6-8-19(9-7-18)21-29(25,26)27/h4-12,21H,13-15H2,1-3H3,(H,25,26,27). The van der Waals surface area contributed by atoms with Crippen molar-refractivity contribution in [2.45, 2.75) is 32.1 Å². The van der Waals surface area contributed by atoms with E-state index in [1.807, 2.05) is 31.6 Å². The van der Waals surface area contributed by atoms with E-state index in [9.17, 15) is 16.8 Å². The molecule has 0 saturated carbocycles. The molecule has 2 rings (SSSR count). The van der Waals surface area contributed by atoms with E-state index >= 15 is 0 Å². The molecule has 0 aliphatic heterocycles. The van der Waals surface area contributed by atoms with Crippen LogP contribution in [-0.2, 0) is 26.7 Å². The number of hydrogen-bond donors (Lipinski definition) is 2. The van der Waals surface area contributed by atoms with Crippen molar-refractivity contribution in [1.29, 1.82) is 0 Å². The molecule has 0 amide bonds. The number of anilines is 1. The van der Waals surface area contributed by atoms with E-state index in [0.29, 0.717) is 6.42 Å². The van der Waals surface area contributed by atoms with Gasteiger partial charge in [-0.15, -0.1) is 0 Å². The minimum Gasteiger partial charge on any atom is -0.269 e. The van der Waals surface area contributed by atoms with Gasteiger partial charge in [-0.3, -0.25) is 9.27 Å². The number of nitrogens with one attached hydrogen (secondary N) is 1. The molecule has 0 radical (unpaired) electrons. The smallest absolute Gasteiger partial charge is 0.269 e. The van der Waals surface area contributed by atoms with E-state index < -0.39 is 20.3 Å². The third-order valence-electron chi connectivity index (χ3n) is 4.21. The van der Waals surface area contributed by atoms with E-state index in [4.69, 9.17) is 4.55 Å². The third-order valence-corrected chi connectivity index (χ3v) is 6.59. The van der Waals surface area contributed by atoms with Crippen molar-refractivity contribution in [2.75, 3.05) is 17.8 Å². The lowest BCUT2D eigenvalue weighted by molar-refractivity contribution is 0.444. The molecule has 0 bridgehead atoms. The first-order chi connectivity index (χ1) is 13.5. The fraction of sp³-hybridized carbons (Fsp3) is 0.300. The van der Waals surface area contributed by atoms with Gasteiger partial charge < -0.3 is 0 Å². The molecule has 0 unspecified atom stereocenters. The highest BCUT2D eigenvalue weighted by Gasteiger charge is 2.23. The lowest BCUT2D eigenvalue weighted by Crippen LogP contribution is -2.33. The summed E-state index contributed by atoms with van der Waals surface area (Å²) in [5.74, 6) is 0. The summed E-state index contributed by atoms with van der Waals surface area (Å²) in [6.07, 6.45) is 2.32. The average Bonchev–Trinajstić information content (AvgIpc) is 2.61. The number of rotatable bonds is 9. The molecule has 9 heteroatoms. The Morgan fingerprint density at radius 2 is 1.59 bits per heavy atom. The van der Waals surface area contributed by atoms with Crippen LogP contribution in [0.4, 0.5) is 5.69 Å². The summed E-state index contributed by atoms with van der Waals surface area (Å²) in [5, 5.41) is 0. The SMILES string of the molecule is CC(C)=CCN(CCc1ccc(NS(=O)(=O)O)cc1)S(=O)(=O)c1ccc(C)cc1. The number of nitrogens with zero attached hydrogens (tertiary/aromatic N) is 1. The molecule has 0 aliphatic carbocycles. The van der Waals surface area contributed by atoms with Gasteiger partial charge in [-0.05, 0) is 57.0 Å². The fourth-order valence-corrected chi connectivity index (χ4v) is 4.41. The van der Waals surface area contributed by atoms with E-state index in [-0.39, 0.29) is 23.7 Å². The van der Waals surface area contributed by atoms with Crippen molar-refractivity contribution >= 4 is 26.0 Å². The summed E-state index contributed by atoms with van der Waals surface area (Å²) in [6.45, 7) is 6.26. The Labute approximate surface area is 173 Å². The number of aryl methyl sites for hydroxylation is 1. The first kappa shape index (κ1) is 23.1. The van der Waals surface area contributed by atoms with Crippen molar-refractivity contribution in [3.63, 3.8) is 0 Å². The summed E-state index contributed by atoms with van der Waals surface area (Å²) in [4.78, 5) is 0.248. The Kier molecular flexibility index (Phi) is 7.59. The average molecular weight is 439 g/mol. The predicted octanol–water partition coefficient (Wildman–Crippen LogP) is 3.41. The van der Waals surface area contributed by atoms with Gasteiger partial charge in [0.25, 0.3) is 0 Å². The van der Waals surface area contributed by atoms with Gasteiger partial charge in [0.1, 0.15) is 0 Å². The van der Waals surface area contributed by atoms with E-state index in [2.05, 4.69) is 0 Å². The van der Waals surface area contributed by atoms with Crippen LogP contribution in [0.15, 0.2) is 65.1 Å². The zero-order chi connectivity index (χ0) is 21.7. The molecule has 0 atom stereocenters. The summed E-state index contributed by atoms with van der Waals surface area (Å²) >= 11 is 0. The molecule has 0 aliphatic rings. The molecule has 0 aromatic heterocycles. The molecule has 29 heavy (non-hydrogen) atoms. The van der Waals surface area contributed by atoms with Crippen molar-refractivity contribution in [3.05, 3.63) is 71.3 Å². The van der Waals surface area contributed by atoms with Crippen LogP contribution in [0.25, 0.3) is 0 Å². The highest BCUT2D eigenvalue weighted by molar-refractivity contribution is 7.89. The molecule has 158 valence electrons. The Balaban J connectivity index is 2.18. The predicted molar refractivity (Wildman–Crippen MR) is 115 cm³/mol. The minimum atomic E-state index is -4.33. The first-order valence-electron chi connectivity index (χ1n) is 9.02. The van der Waals surface area contributed by atoms with E-state index in [1.54, 1.807) is 36.4 Å². The van der Waals surface area contributed by atoms with Crippen LogP contribution >= 0.6 is 0 Å². The molecule has 2 aromatic carbocycles. The minimum absolute atomic E-state index is 0.227. The van der Waals surface area contributed by atoms with Gasteiger partial charge in [-0.25, -0.2) is 8.42 Å². The lowest BCUT2D eigenvalue weighted by Gasteiger charge is -2.21. The summed E-state index contributed by atoms with van der Waals surface area (Å²) in [7, 11) is -7.98. The second kappa shape index (κ2) is 9.53. The van der Waals surface area contributed by atoms with Gasteiger partial charge in [0.15, 0.2) is 0 Å². The fourth-order valence-electron chi connectivity index (χ4n) is 2.60. The van der Waals surface area contributed by atoms with Gasteiger partial charge in [0, 0.05) is 13.1 Å². The zero-order valence-corrected chi connectivity index (χ0v) is 18.3. The van der Waals surface area contributed by atoms with E-state index in [0.717, 1.165) is 16.7 Å². The van der Waals surface area contributed by atoms with E-state index in [1.165, 1.54) is 16.4 Å². The van der Waals surface area contributed by atoms with Crippen molar-refractivity contribution < 1.29 is 21.4 Å². The molecule has 0 spiro atoms. The van der Waals surface area contributed by atoms with Crippen LogP contribution in [0, 0.1) is 6.92 Å². The first-order valence-corrected chi connectivity index (χ1v) is 11.9.